The van der Waals surface area contributed by atoms with Crippen molar-refractivity contribution in [3.8, 4) is 0 Å². The number of imidazole rings is 1. The van der Waals surface area contributed by atoms with Gasteiger partial charge in [-0.25, -0.2) is 9.78 Å². The van der Waals surface area contributed by atoms with Crippen LogP contribution in [-0.2, 0) is 0 Å². The molecule has 2 N–H and O–H groups in total. The van der Waals surface area contributed by atoms with Gasteiger partial charge in [-0.2, -0.15) is 0 Å². The first-order valence-corrected chi connectivity index (χ1v) is 5.61. The molecule has 0 aliphatic heterocycles. The highest BCUT2D eigenvalue weighted by atomic mass is 16.2. The van der Waals surface area contributed by atoms with Gasteiger partial charge in [0.05, 0.1) is 6.20 Å². The lowest BCUT2D eigenvalue weighted by molar-refractivity contribution is 0.252. The van der Waals surface area contributed by atoms with Gasteiger partial charge in [0, 0.05) is 12.2 Å². The third-order valence-corrected chi connectivity index (χ3v) is 2.49. The van der Waals surface area contributed by atoms with Crippen molar-refractivity contribution in [2.45, 2.75) is 20.8 Å². The second-order valence-electron chi connectivity index (χ2n) is 4.01. The SMILES string of the molecule is CCNC(=O)Nc1cn2c(C)cc(C)cc2n1. The maximum absolute atomic E-state index is 11.4. The number of aryl methyl sites for hydroxylation is 2. The van der Waals surface area contributed by atoms with Crippen LogP contribution in [0.15, 0.2) is 18.3 Å². The monoisotopic (exact) mass is 232 g/mol. The summed E-state index contributed by atoms with van der Waals surface area (Å²) in [6.45, 7) is 6.50. The van der Waals surface area contributed by atoms with Gasteiger partial charge in [-0.15, -0.1) is 0 Å². The number of carbonyl (C=O) groups excluding carboxylic acids is 1. The highest BCUT2D eigenvalue weighted by Gasteiger charge is 2.06. The van der Waals surface area contributed by atoms with Gasteiger partial charge in [0.25, 0.3) is 0 Å². The largest absolute Gasteiger partial charge is 0.338 e. The van der Waals surface area contributed by atoms with Crippen LogP contribution < -0.4 is 10.6 Å². The molecule has 0 unspecified atom stereocenters. The van der Waals surface area contributed by atoms with E-state index in [0.29, 0.717) is 12.4 Å². The van der Waals surface area contributed by atoms with Gasteiger partial charge < -0.3 is 9.72 Å². The third kappa shape index (κ3) is 2.38. The summed E-state index contributed by atoms with van der Waals surface area (Å²) in [4.78, 5) is 15.7. The van der Waals surface area contributed by atoms with Gasteiger partial charge in [-0.1, -0.05) is 0 Å². The molecule has 2 aromatic rings. The van der Waals surface area contributed by atoms with E-state index >= 15 is 0 Å². The number of hydrogen-bond acceptors (Lipinski definition) is 2. The summed E-state index contributed by atoms with van der Waals surface area (Å²) in [6, 6.07) is 3.82. The van der Waals surface area contributed by atoms with E-state index in [0.717, 1.165) is 16.9 Å². The average molecular weight is 232 g/mol. The van der Waals surface area contributed by atoms with Crippen molar-refractivity contribution < 1.29 is 4.79 Å². The van der Waals surface area contributed by atoms with E-state index in [9.17, 15) is 4.79 Å². The first kappa shape index (κ1) is 11.4. The fourth-order valence-corrected chi connectivity index (χ4v) is 1.80. The Morgan fingerprint density at radius 3 is 2.88 bits per heavy atom. The minimum absolute atomic E-state index is 0.231. The van der Waals surface area contributed by atoms with E-state index in [1.807, 2.05) is 37.4 Å². The Hall–Kier alpha value is -2.04. The molecule has 2 heterocycles. The molecule has 90 valence electrons. The lowest BCUT2D eigenvalue weighted by atomic mass is 10.2. The van der Waals surface area contributed by atoms with Crippen LogP contribution in [0.2, 0.25) is 0 Å². The maximum atomic E-state index is 11.4. The first-order chi connectivity index (χ1) is 8.10. The molecule has 0 bridgehead atoms. The van der Waals surface area contributed by atoms with E-state index in [2.05, 4.69) is 21.7 Å². The van der Waals surface area contributed by atoms with Crippen LogP contribution in [0.5, 0.6) is 0 Å². The number of urea groups is 1. The van der Waals surface area contributed by atoms with Crippen molar-refractivity contribution in [1.29, 1.82) is 0 Å². The lowest BCUT2D eigenvalue weighted by Crippen LogP contribution is -2.28. The molecule has 2 aromatic heterocycles. The zero-order valence-corrected chi connectivity index (χ0v) is 10.2. The number of nitrogens with one attached hydrogen (secondary N) is 2. The van der Waals surface area contributed by atoms with Gasteiger partial charge in [-0.05, 0) is 38.5 Å². The predicted molar refractivity (Wildman–Crippen MR) is 67.4 cm³/mol. The molecule has 0 fully saturated rings. The van der Waals surface area contributed by atoms with Crippen LogP contribution in [0.25, 0.3) is 5.65 Å². The zero-order chi connectivity index (χ0) is 12.4. The first-order valence-electron chi connectivity index (χ1n) is 5.61. The fourth-order valence-electron chi connectivity index (χ4n) is 1.80. The molecule has 0 aliphatic carbocycles. The van der Waals surface area contributed by atoms with E-state index in [1.54, 1.807) is 0 Å². The molecule has 0 aliphatic rings. The number of fused-ring (bicyclic) bond motifs is 1. The summed E-state index contributed by atoms with van der Waals surface area (Å²) in [7, 11) is 0. The number of hydrogen-bond donors (Lipinski definition) is 2. The molecule has 0 saturated heterocycles. The number of carbonyl (C=O) groups is 1. The quantitative estimate of drug-likeness (QED) is 0.833. The third-order valence-electron chi connectivity index (χ3n) is 2.49. The second-order valence-corrected chi connectivity index (χ2v) is 4.01. The predicted octanol–water partition coefficient (Wildman–Crippen LogP) is 2.09. The smallest absolute Gasteiger partial charge is 0.320 e. The van der Waals surface area contributed by atoms with Crippen LogP contribution in [-0.4, -0.2) is 22.0 Å². The van der Waals surface area contributed by atoms with Crippen LogP contribution in [0, 0.1) is 13.8 Å². The molecule has 0 aromatic carbocycles. The fraction of sp³-hybridized carbons (Fsp3) is 0.333. The van der Waals surface area contributed by atoms with Crippen molar-refractivity contribution in [3.63, 3.8) is 0 Å². The molecule has 0 radical (unpaired) electrons. The normalized spacial score (nSPS) is 10.5. The van der Waals surface area contributed by atoms with Crippen molar-refractivity contribution in [3.05, 3.63) is 29.6 Å². The molecule has 17 heavy (non-hydrogen) atoms. The summed E-state index contributed by atoms with van der Waals surface area (Å²) < 4.78 is 1.95. The van der Waals surface area contributed by atoms with Gasteiger partial charge in [0.1, 0.15) is 5.65 Å². The number of anilines is 1. The van der Waals surface area contributed by atoms with E-state index in [4.69, 9.17) is 0 Å². The van der Waals surface area contributed by atoms with Gasteiger partial charge in [0.2, 0.25) is 0 Å². The molecule has 5 heteroatoms. The second kappa shape index (κ2) is 4.45. The van der Waals surface area contributed by atoms with Crippen LogP contribution in [0.3, 0.4) is 0 Å². The Morgan fingerprint density at radius 1 is 1.41 bits per heavy atom. The number of pyridine rings is 1. The Balaban J connectivity index is 2.32. The molecule has 0 atom stereocenters. The molecule has 0 saturated carbocycles. The van der Waals surface area contributed by atoms with E-state index in [-0.39, 0.29) is 6.03 Å². The number of rotatable bonds is 2. The van der Waals surface area contributed by atoms with Crippen molar-refractivity contribution in [2.75, 3.05) is 11.9 Å². The summed E-state index contributed by atoms with van der Waals surface area (Å²) in [5.74, 6) is 0.560. The van der Waals surface area contributed by atoms with Crippen LogP contribution in [0.1, 0.15) is 18.2 Å². The standard InChI is InChI=1S/C12H16N4O/c1-4-13-12(17)15-10-7-16-9(3)5-8(2)6-11(16)14-10/h5-7H,4H2,1-3H3,(H2,13,15,17). The summed E-state index contributed by atoms with van der Waals surface area (Å²) >= 11 is 0. The molecular formula is C12H16N4O. The molecule has 2 amide bonds. The summed E-state index contributed by atoms with van der Waals surface area (Å²) in [5.41, 5.74) is 3.09. The zero-order valence-electron chi connectivity index (χ0n) is 10.2. The van der Waals surface area contributed by atoms with Crippen LogP contribution >= 0.6 is 0 Å². The highest BCUT2D eigenvalue weighted by Crippen LogP contribution is 2.14. The molecule has 2 rings (SSSR count). The van der Waals surface area contributed by atoms with Gasteiger partial charge in [0.15, 0.2) is 5.82 Å². The van der Waals surface area contributed by atoms with Crippen molar-refractivity contribution in [1.82, 2.24) is 14.7 Å². The summed E-state index contributed by atoms with van der Waals surface area (Å²) in [6.07, 6.45) is 1.82. The number of aromatic nitrogens is 2. The summed E-state index contributed by atoms with van der Waals surface area (Å²) in [5, 5.41) is 5.36. The molecule has 5 nitrogen and oxygen atoms in total. The molecular weight excluding hydrogens is 216 g/mol. The Kier molecular flexibility index (Phi) is 2.99. The molecule has 0 spiro atoms. The number of amides is 2. The van der Waals surface area contributed by atoms with Crippen LogP contribution in [0.4, 0.5) is 10.6 Å². The Morgan fingerprint density at radius 2 is 2.18 bits per heavy atom. The van der Waals surface area contributed by atoms with E-state index < -0.39 is 0 Å². The van der Waals surface area contributed by atoms with Crippen molar-refractivity contribution >= 4 is 17.5 Å². The highest BCUT2D eigenvalue weighted by molar-refractivity contribution is 5.88. The Labute approximate surface area is 99.9 Å². The van der Waals surface area contributed by atoms with Crippen molar-refractivity contribution in [2.24, 2.45) is 0 Å². The number of nitrogens with zero attached hydrogens (tertiary/aromatic N) is 2. The average Bonchev–Trinajstić information content (AvgIpc) is 2.60. The minimum Gasteiger partial charge on any atom is -0.338 e. The minimum atomic E-state index is -0.231. The van der Waals surface area contributed by atoms with Gasteiger partial charge >= 0.3 is 6.03 Å². The van der Waals surface area contributed by atoms with E-state index in [1.165, 1.54) is 0 Å². The topological polar surface area (TPSA) is 58.4 Å². The van der Waals surface area contributed by atoms with Gasteiger partial charge in [-0.3, -0.25) is 5.32 Å². The maximum Gasteiger partial charge on any atom is 0.320 e. The Bertz CT molecular complexity index is 559. The lowest BCUT2D eigenvalue weighted by Gasteiger charge is -2.01.